The Labute approximate surface area is 124 Å². The lowest BCUT2D eigenvalue weighted by Gasteiger charge is -2.19. The molecule has 2 rings (SSSR count). The summed E-state index contributed by atoms with van der Waals surface area (Å²) in [6, 6.07) is 8.71. The van der Waals surface area contributed by atoms with Crippen LogP contribution < -0.4 is 5.32 Å². The molecule has 1 N–H and O–H groups in total. The Kier molecular flexibility index (Phi) is 5.10. The van der Waals surface area contributed by atoms with Crippen LogP contribution in [0.15, 0.2) is 36.5 Å². The van der Waals surface area contributed by atoms with Gasteiger partial charge in [0.15, 0.2) is 0 Å². The second kappa shape index (κ2) is 6.82. The summed E-state index contributed by atoms with van der Waals surface area (Å²) < 4.78 is 13.1. The average molecular weight is 293 g/mol. The van der Waals surface area contributed by atoms with Gasteiger partial charge in [-0.1, -0.05) is 30.7 Å². The van der Waals surface area contributed by atoms with Gasteiger partial charge in [0, 0.05) is 23.0 Å². The van der Waals surface area contributed by atoms with Crippen LogP contribution in [-0.2, 0) is 6.42 Å². The number of likely N-dealkylation sites (N-methyl/N-ethyl adjacent to an activating group) is 1. The van der Waals surface area contributed by atoms with Crippen LogP contribution in [0.1, 0.15) is 29.8 Å². The van der Waals surface area contributed by atoms with Crippen LogP contribution in [0.2, 0.25) is 5.02 Å². The number of benzene rings is 1. The Bertz CT molecular complexity index is 569. The van der Waals surface area contributed by atoms with Crippen LogP contribution in [-0.4, -0.2) is 11.5 Å². The van der Waals surface area contributed by atoms with Crippen LogP contribution in [0.4, 0.5) is 4.39 Å². The monoisotopic (exact) mass is 292 g/mol. The molecule has 0 fully saturated rings. The highest BCUT2D eigenvalue weighted by Gasteiger charge is 2.13. The molecule has 0 amide bonds. The maximum absolute atomic E-state index is 13.1. The van der Waals surface area contributed by atoms with E-state index in [0.717, 1.165) is 23.4 Å². The van der Waals surface area contributed by atoms with Crippen LogP contribution in [0.25, 0.3) is 0 Å². The molecule has 0 aliphatic carbocycles. The Balaban J connectivity index is 2.22. The number of hydrogen-bond donors (Lipinski definition) is 1. The molecule has 0 spiro atoms. The second-order valence-electron chi connectivity index (χ2n) is 4.78. The minimum Gasteiger partial charge on any atom is -0.310 e. The molecule has 2 aromatic rings. The zero-order valence-corrected chi connectivity index (χ0v) is 12.4. The largest absolute Gasteiger partial charge is 0.310 e. The molecule has 20 heavy (non-hydrogen) atoms. The molecule has 0 saturated carbocycles. The third-order valence-electron chi connectivity index (χ3n) is 3.23. The van der Waals surface area contributed by atoms with Gasteiger partial charge >= 0.3 is 0 Å². The second-order valence-corrected chi connectivity index (χ2v) is 5.19. The molecular formula is C16H18ClFN2. The van der Waals surface area contributed by atoms with Crippen LogP contribution >= 0.6 is 11.6 Å². The minimum atomic E-state index is -0.309. The van der Waals surface area contributed by atoms with E-state index >= 15 is 0 Å². The highest BCUT2D eigenvalue weighted by atomic mass is 35.5. The van der Waals surface area contributed by atoms with E-state index in [-0.39, 0.29) is 11.9 Å². The first-order valence-corrected chi connectivity index (χ1v) is 7.07. The lowest BCUT2D eigenvalue weighted by Crippen LogP contribution is -2.23. The molecule has 1 heterocycles. The lowest BCUT2D eigenvalue weighted by molar-refractivity contribution is 0.547. The van der Waals surface area contributed by atoms with E-state index in [1.54, 1.807) is 6.07 Å². The van der Waals surface area contributed by atoms with Gasteiger partial charge in [-0.2, -0.15) is 0 Å². The van der Waals surface area contributed by atoms with Crippen molar-refractivity contribution in [2.45, 2.75) is 26.3 Å². The van der Waals surface area contributed by atoms with Crippen LogP contribution in [0.5, 0.6) is 0 Å². The van der Waals surface area contributed by atoms with Gasteiger partial charge in [0.1, 0.15) is 5.82 Å². The van der Waals surface area contributed by atoms with Gasteiger partial charge in [-0.05, 0) is 49.2 Å². The van der Waals surface area contributed by atoms with Crippen LogP contribution in [0, 0.1) is 12.7 Å². The quantitative estimate of drug-likeness (QED) is 0.898. The fourth-order valence-corrected chi connectivity index (χ4v) is 2.39. The SMILES string of the molecule is CCNC(Cc1ccc(F)cc1Cl)c1ccc(C)nc1. The number of nitrogens with one attached hydrogen (secondary N) is 1. The number of pyridine rings is 1. The van der Waals surface area contributed by atoms with E-state index in [0.29, 0.717) is 11.4 Å². The van der Waals surface area contributed by atoms with Gasteiger partial charge in [0.2, 0.25) is 0 Å². The first-order chi connectivity index (χ1) is 9.60. The summed E-state index contributed by atoms with van der Waals surface area (Å²) >= 11 is 6.10. The lowest BCUT2D eigenvalue weighted by atomic mass is 10.00. The van der Waals surface area contributed by atoms with Gasteiger partial charge in [-0.25, -0.2) is 4.39 Å². The molecule has 106 valence electrons. The molecule has 1 aromatic carbocycles. The Morgan fingerprint density at radius 3 is 2.70 bits per heavy atom. The highest BCUT2D eigenvalue weighted by Crippen LogP contribution is 2.24. The zero-order valence-electron chi connectivity index (χ0n) is 11.7. The molecule has 0 aliphatic rings. The van der Waals surface area contributed by atoms with E-state index in [4.69, 9.17) is 11.6 Å². The third-order valence-corrected chi connectivity index (χ3v) is 3.58. The first-order valence-electron chi connectivity index (χ1n) is 6.70. The molecule has 2 nitrogen and oxygen atoms in total. The topological polar surface area (TPSA) is 24.9 Å². The molecule has 0 bridgehead atoms. The number of aryl methyl sites for hydroxylation is 1. The van der Waals surface area contributed by atoms with Crippen molar-refractivity contribution in [3.05, 3.63) is 64.2 Å². The minimum absolute atomic E-state index is 0.121. The number of hydrogen-bond acceptors (Lipinski definition) is 2. The summed E-state index contributed by atoms with van der Waals surface area (Å²) in [6.07, 6.45) is 2.58. The van der Waals surface area contributed by atoms with E-state index in [9.17, 15) is 4.39 Å². The Morgan fingerprint density at radius 2 is 2.10 bits per heavy atom. The van der Waals surface area contributed by atoms with Crippen molar-refractivity contribution >= 4 is 11.6 Å². The van der Waals surface area contributed by atoms with E-state index < -0.39 is 0 Å². The van der Waals surface area contributed by atoms with Gasteiger partial charge < -0.3 is 5.32 Å². The van der Waals surface area contributed by atoms with Crippen molar-refractivity contribution < 1.29 is 4.39 Å². The van der Waals surface area contributed by atoms with Crippen molar-refractivity contribution in [3.8, 4) is 0 Å². The van der Waals surface area contributed by atoms with Gasteiger partial charge in [0.25, 0.3) is 0 Å². The summed E-state index contributed by atoms with van der Waals surface area (Å²) in [7, 11) is 0. The number of rotatable bonds is 5. The van der Waals surface area contributed by atoms with Crippen LogP contribution in [0.3, 0.4) is 0 Å². The van der Waals surface area contributed by atoms with E-state index in [1.807, 2.05) is 19.2 Å². The number of aromatic nitrogens is 1. The third kappa shape index (κ3) is 3.78. The summed E-state index contributed by atoms with van der Waals surface area (Å²) in [5.74, 6) is -0.309. The van der Waals surface area contributed by atoms with E-state index in [2.05, 4.69) is 23.3 Å². The van der Waals surface area contributed by atoms with Gasteiger partial charge in [-0.15, -0.1) is 0 Å². The summed E-state index contributed by atoms with van der Waals surface area (Å²) in [5, 5.41) is 3.88. The average Bonchev–Trinajstić information content (AvgIpc) is 2.42. The van der Waals surface area contributed by atoms with Crippen molar-refractivity contribution in [1.82, 2.24) is 10.3 Å². The molecule has 0 saturated heterocycles. The molecular weight excluding hydrogens is 275 g/mol. The van der Waals surface area contributed by atoms with Crippen molar-refractivity contribution in [3.63, 3.8) is 0 Å². The summed E-state index contributed by atoms with van der Waals surface area (Å²) in [6.45, 7) is 4.86. The van der Waals surface area contributed by atoms with E-state index in [1.165, 1.54) is 12.1 Å². The maximum atomic E-state index is 13.1. The molecule has 1 atom stereocenters. The molecule has 1 aromatic heterocycles. The number of halogens is 2. The van der Waals surface area contributed by atoms with Gasteiger partial charge in [0.05, 0.1) is 0 Å². The smallest absolute Gasteiger partial charge is 0.124 e. The predicted molar refractivity (Wildman–Crippen MR) is 80.5 cm³/mol. The molecule has 4 heteroatoms. The zero-order chi connectivity index (χ0) is 14.5. The highest BCUT2D eigenvalue weighted by molar-refractivity contribution is 6.31. The Hall–Kier alpha value is -1.45. The molecule has 0 radical (unpaired) electrons. The maximum Gasteiger partial charge on any atom is 0.124 e. The first kappa shape index (κ1) is 14.9. The summed E-state index contributed by atoms with van der Waals surface area (Å²) in [5.41, 5.74) is 3.03. The molecule has 1 unspecified atom stereocenters. The normalized spacial score (nSPS) is 12.4. The van der Waals surface area contributed by atoms with Gasteiger partial charge in [-0.3, -0.25) is 4.98 Å². The predicted octanol–water partition coefficient (Wildman–Crippen LogP) is 4.08. The fraction of sp³-hybridized carbons (Fsp3) is 0.312. The van der Waals surface area contributed by atoms with Crippen molar-refractivity contribution in [1.29, 1.82) is 0 Å². The Morgan fingerprint density at radius 1 is 1.30 bits per heavy atom. The van der Waals surface area contributed by atoms with Crippen molar-refractivity contribution in [2.24, 2.45) is 0 Å². The standard InChI is InChI=1S/C16H18ClFN2/c1-3-19-16(13-5-4-11(2)20-10-13)8-12-6-7-14(18)9-15(12)17/h4-7,9-10,16,19H,3,8H2,1-2H3. The molecule has 0 aliphatic heterocycles. The van der Waals surface area contributed by atoms with Crippen molar-refractivity contribution in [2.75, 3.05) is 6.54 Å². The fourth-order valence-electron chi connectivity index (χ4n) is 2.15. The summed E-state index contributed by atoms with van der Waals surface area (Å²) in [4.78, 5) is 4.33. The number of nitrogens with zero attached hydrogens (tertiary/aromatic N) is 1.